The molecule has 1 aromatic carbocycles. The van der Waals surface area contributed by atoms with Gasteiger partial charge in [-0.1, -0.05) is 13.3 Å². The number of amides is 3. The molecule has 0 fully saturated rings. The van der Waals surface area contributed by atoms with Gasteiger partial charge in [-0.25, -0.2) is 10.2 Å². The fourth-order valence-corrected chi connectivity index (χ4v) is 1.79. The summed E-state index contributed by atoms with van der Waals surface area (Å²) in [6.45, 7) is 2.65. The maximum atomic E-state index is 11.9. The lowest BCUT2D eigenvalue weighted by Gasteiger charge is -2.22. The van der Waals surface area contributed by atoms with Crippen molar-refractivity contribution >= 4 is 11.9 Å². The third kappa shape index (κ3) is 5.61. The standard InChI is InChI=1S/C15H23N3O4/c1-3-4-9-18(10-11-19)15(21)17-16-14(20)12-5-7-13(22-2)8-6-12/h5-8,19H,3-4,9-11H2,1-2H3,(H,16,20)(H,17,21). The van der Waals surface area contributed by atoms with Crippen LogP contribution in [-0.2, 0) is 0 Å². The van der Waals surface area contributed by atoms with Crippen molar-refractivity contribution in [3.05, 3.63) is 29.8 Å². The summed E-state index contributed by atoms with van der Waals surface area (Å²) in [6.07, 6.45) is 1.77. The van der Waals surface area contributed by atoms with Gasteiger partial charge in [0.05, 0.1) is 13.7 Å². The molecule has 0 heterocycles. The highest BCUT2D eigenvalue weighted by molar-refractivity contribution is 5.95. The Kier molecular flexibility index (Phi) is 7.77. The van der Waals surface area contributed by atoms with Gasteiger partial charge in [-0.3, -0.25) is 10.2 Å². The van der Waals surface area contributed by atoms with Gasteiger partial charge < -0.3 is 14.7 Å². The van der Waals surface area contributed by atoms with Crippen LogP contribution in [0.3, 0.4) is 0 Å². The van der Waals surface area contributed by atoms with Gasteiger partial charge in [0.25, 0.3) is 5.91 Å². The van der Waals surface area contributed by atoms with E-state index in [-0.39, 0.29) is 13.2 Å². The highest BCUT2D eigenvalue weighted by atomic mass is 16.5. The molecule has 22 heavy (non-hydrogen) atoms. The predicted octanol–water partition coefficient (Wildman–Crippen LogP) is 1.14. The maximum Gasteiger partial charge on any atom is 0.336 e. The second-order valence-corrected chi connectivity index (χ2v) is 4.68. The van der Waals surface area contributed by atoms with E-state index in [4.69, 9.17) is 9.84 Å². The van der Waals surface area contributed by atoms with Crippen LogP contribution in [0, 0.1) is 0 Å². The quantitative estimate of drug-likeness (QED) is 0.659. The zero-order valence-corrected chi connectivity index (χ0v) is 13.0. The van der Waals surface area contributed by atoms with Crippen LogP contribution in [0.15, 0.2) is 24.3 Å². The summed E-state index contributed by atoms with van der Waals surface area (Å²) in [5.41, 5.74) is 5.10. The van der Waals surface area contributed by atoms with Crippen molar-refractivity contribution in [2.24, 2.45) is 0 Å². The van der Waals surface area contributed by atoms with Crippen molar-refractivity contribution in [3.63, 3.8) is 0 Å². The summed E-state index contributed by atoms with van der Waals surface area (Å²) in [5.74, 6) is 0.227. The Morgan fingerprint density at radius 2 is 1.86 bits per heavy atom. The number of urea groups is 1. The molecule has 1 rings (SSSR count). The Morgan fingerprint density at radius 1 is 1.18 bits per heavy atom. The molecular formula is C15H23N3O4. The Balaban J connectivity index is 2.51. The van der Waals surface area contributed by atoms with Crippen LogP contribution >= 0.6 is 0 Å². The maximum absolute atomic E-state index is 11.9. The lowest BCUT2D eigenvalue weighted by molar-refractivity contribution is 0.0928. The van der Waals surface area contributed by atoms with Gasteiger partial charge in [-0.05, 0) is 30.7 Å². The number of hydrogen-bond donors (Lipinski definition) is 3. The van der Waals surface area contributed by atoms with Crippen molar-refractivity contribution in [1.29, 1.82) is 0 Å². The molecule has 1 aromatic rings. The number of unbranched alkanes of at least 4 members (excludes halogenated alkanes) is 1. The molecule has 0 unspecified atom stereocenters. The molecule has 0 saturated carbocycles. The molecule has 3 amide bonds. The third-order valence-corrected chi connectivity index (χ3v) is 3.07. The second-order valence-electron chi connectivity index (χ2n) is 4.68. The van der Waals surface area contributed by atoms with Crippen LogP contribution in [0.5, 0.6) is 5.75 Å². The number of ether oxygens (including phenoxy) is 1. The Hall–Kier alpha value is -2.28. The zero-order chi connectivity index (χ0) is 16.4. The third-order valence-electron chi connectivity index (χ3n) is 3.07. The van der Waals surface area contributed by atoms with E-state index in [0.29, 0.717) is 17.9 Å². The van der Waals surface area contributed by atoms with Gasteiger partial charge in [0.1, 0.15) is 5.75 Å². The number of carbonyl (C=O) groups is 2. The first kappa shape index (κ1) is 17.8. The number of rotatable bonds is 7. The molecule has 122 valence electrons. The number of benzene rings is 1. The van der Waals surface area contributed by atoms with Crippen LogP contribution in [0.1, 0.15) is 30.1 Å². The minimum Gasteiger partial charge on any atom is -0.497 e. The Labute approximate surface area is 130 Å². The monoisotopic (exact) mass is 309 g/mol. The molecule has 0 saturated heterocycles. The van der Waals surface area contributed by atoms with Crippen LogP contribution in [-0.4, -0.2) is 48.8 Å². The van der Waals surface area contributed by atoms with Crippen molar-refractivity contribution in [1.82, 2.24) is 15.8 Å². The molecular weight excluding hydrogens is 286 g/mol. The van der Waals surface area contributed by atoms with Crippen LogP contribution in [0.25, 0.3) is 0 Å². The average Bonchev–Trinajstić information content (AvgIpc) is 2.56. The molecule has 0 spiro atoms. The number of nitrogens with one attached hydrogen (secondary N) is 2. The number of aliphatic hydroxyl groups is 1. The van der Waals surface area contributed by atoms with E-state index in [1.54, 1.807) is 31.4 Å². The second kappa shape index (κ2) is 9.62. The van der Waals surface area contributed by atoms with Gasteiger partial charge in [-0.2, -0.15) is 0 Å². The minimum absolute atomic E-state index is 0.121. The number of hydrogen-bond acceptors (Lipinski definition) is 4. The number of aliphatic hydroxyl groups excluding tert-OH is 1. The van der Waals surface area contributed by atoms with Crippen molar-refractivity contribution in [2.75, 3.05) is 26.8 Å². The number of nitrogens with zero attached hydrogens (tertiary/aromatic N) is 1. The van der Waals surface area contributed by atoms with E-state index in [1.807, 2.05) is 6.92 Å². The van der Waals surface area contributed by atoms with Crippen LogP contribution in [0.2, 0.25) is 0 Å². The van der Waals surface area contributed by atoms with Gasteiger partial charge in [0, 0.05) is 18.7 Å². The molecule has 0 atom stereocenters. The summed E-state index contributed by atoms with van der Waals surface area (Å²) in [6, 6.07) is 6.09. The van der Waals surface area contributed by atoms with E-state index in [1.165, 1.54) is 4.90 Å². The minimum atomic E-state index is -0.440. The Bertz CT molecular complexity index is 476. The van der Waals surface area contributed by atoms with Gasteiger partial charge in [-0.15, -0.1) is 0 Å². The smallest absolute Gasteiger partial charge is 0.336 e. The molecule has 0 bridgehead atoms. The summed E-state index contributed by atoms with van der Waals surface area (Å²) in [7, 11) is 1.54. The topological polar surface area (TPSA) is 90.9 Å². The average molecular weight is 309 g/mol. The van der Waals surface area contributed by atoms with E-state index in [9.17, 15) is 9.59 Å². The van der Waals surface area contributed by atoms with E-state index < -0.39 is 11.9 Å². The largest absolute Gasteiger partial charge is 0.497 e. The highest BCUT2D eigenvalue weighted by Gasteiger charge is 2.13. The van der Waals surface area contributed by atoms with Crippen LogP contribution in [0.4, 0.5) is 4.79 Å². The molecule has 0 aliphatic rings. The summed E-state index contributed by atoms with van der Waals surface area (Å²) >= 11 is 0. The van der Waals surface area contributed by atoms with Crippen molar-refractivity contribution in [3.8, 4) is 5.75 Å². The Morgan fingerprint density at radius 3 is 2.41 bits per heavy atom. The van der Waals surface area contributed by atoms with Gasteiger partial charge in [0.15, 0.2) is 0 Å². The van der Waals surface area contributed by atoms with Gasteiger partial charge in [0.2, 0.25) is 0 Å². The first-order chi connectivity index (χ1) is 10.6. The summed E-state index contributed by atoms with van der Waals surface area (Å²) in [5, 5.41) is 8.97. The van der Waals surface area contributed by atoms with E-state index >= 15 is 0 Å². The lowest BCUT2D eigenvalue weighted by atomic mass is 10.2. The normalized spacial score (nSPS) is 9.95. The van der Waals surface area contributed by atoms with Crippen molar-refractivity contribution < 1.29 is 19.4 Å². The summed E-state index contributed by atoms with van der Waals surface area (Å²) in [4.78, 5) is 25.3. The molecule has 3 N–H and O–H groups in total. The molecule has 7 nitrogen and oxygen atoms in total. The van der Waals surface area contributed by atoms with Gasteiger partial charge >= 0.3 is 6.03 Å². The number of carbonyl (C=O) groups excluding carboxylic acids is 2. The molecule has 0 aliphatic heterocycles. The van der Waals surface area contributed by atoms with E-state index in [2.05, 4.69) is 10.9 Å². The van der Waals surface area contributed by atoms with E-state index in [0.717, 1.165) is 12.8 Å². The first-order valence-electron chi connectivity index (χ1n) is 7.22. The molecule has 0 radical (unpaired) electrons. The molecule has 0 aromatic heterocycles. The molecule has 7 heteroatoms. The number of hydrazine groups is 1. The zero-order valence-electron chi connectivity index (χ0n) is 13.0. The predicted molar refractivity (Wildman–Crippen MR) is 82.6 cm³/mol. The van der Waals surface area contributed by atoms with Crippen molar-refractivity contribution in [2.45, 2.75) is 19.8 Å². The van der Waals surface area contributed by atoms with Crippen LogP contribution < -0.4 is 15.6 Å². The summed E-state index contributed by atoms with van der Waals surface area (Å²) < 4.78 is 5.01. The first-order valence-corrected chi connectivity index (χ1v) is 7.22. The lowest BCUT2D eigenvalue weighted by Crippen LogP contribution is -2.49. The fraction of sp³-hybridized carbons (Fsp3) is 0.467. The number of methoxy groups -OCH3 is 1. The fourth-order valence-electron chi connectivity index (χ4n) is 1.79. The SMILES string of the molecule is CCCCN(CCO)C(=O)NNC(=O)c1ccc(OC)cc1. The molecule has 0 aliphatic carbocycles. The highest BCUT2D eigenvalue weighted by Crippen LogP contribution is 2.10.